The second kappa shape index (κ2) is 9.06. The van der Waals surface area contributed by atoms with Crippen molar-refractivity contribution in [1.29, 1.82) is 0 Å². The molecule has 0 unspecified atom stereocenters. The van der Waals surface area contributed by atoms with E-state index >= 15 is 0 Å². The monoisotopic (exact) mass is 333 g/mol. The largest absolute Gasteiger partial charge is 0.493 e. The summed E-state index contributed by atoms with van der Waals surface area (Å²) < 4.78 is 10.8. The Labute approximate surface area is 141 Å². The molecular formula is C18H20ClNO3. The van der Waals surface area contributed by atoms with Crippen LogP contribution in [0.15, 0.2) is 48.5 Å². The number of hydrogen-bond acceptors (Lipinski definition) is 3. The maximum atomic E-state index is 11.8. The molecule has 0 spiro atoms. The van der Waals surface area contributed by atoms with Crippen molar-refractivity contribution in [1.82, 2.24) is 5.32 Å². The molecule has 2 aromatic carbocycles. The number of halogens is 1. The van der Waals surface area contributed by atoms with E-state index < -0.39 is 0 Å². The Kier molecular flexibility index (Phi) is 6.76. The predicted molar refractivity (Wildman–Crippen MR) is 91.3 cm³/mol. The van der Waals surface area contributed by atoms with Crippen molar-refractivity contribution in [3.63, 3.8) is 0 Å². The second-order valence-corrected chi connectivity index (χ2v) is 5.41. The summed E-state index contributed by atoms with van der Waals surface area (Å²) in [6.07, 6.45) is 1.08. The molecule has 0 radical (unpaired) electrons. The van der Waals surface area contributed by atoms with Gasteiger partial charge >= 0.3 is 0 Å². The molecule has 5 heteroatoms. The van der Waals surface area contributed by atoms with Crippen molar-refractivity contribution in [2.75, 3.05) is 20.3 Å². The molecule has 122 valence electrons. The zero-order chi connectivity index (χ0) is 16.5. The summed E-state index contributed by atoms with van der Waals surface area (Å²) in [6, 6.07) is 15.0. The molecule has 2 rings (SSSR count). The summed E-state index contributed by atoms with van der Waals surface area (Å²) >= 11 is 5.83. The first-order valence-electron chi connectivity index (χ1n) is 7.46. The highest BCUT2D eigenvalue weighted by Gasteiger charge is 2.05. The lowest BCUT2D eigenvalue weighted by Crippen LogP contribution is -2.27. The Morgan fingerprint density at radius 1 is 1.09 bits per heavy atom. The van der Waals surface area contributed by atoms with E-state index in [1.54, 1.807) is 7.11 Å². The SMILES string of the molecule is COc1ccccc1OCCC(=O)NCCc1ccc(Cl)cc1. The van der Waals surface area contributed by atoms with Crippen LogP contribution in [0.4, 0.5) is 0 Å². The van der Waals surface area contributed by atoms with Crippen molar-refractivity contribution >= 4 is 17.5 Å². The average molecular weight is 334 g/mol. The fraction of sp³-hybridized carbons (Fsp3) is 0.278. The molecule has 2 aromatic rings. The van der Waals surface area contributed by atoms with Gasteiger partial charge in [0.25, 0.3) is 0 Å². The highest BCUT2D eigenvalue weighted by atomic mass is 35.5. The van der Waals surface area contributed by atoms with Gasteiger partial charge in [-0.3, -0.25) is 4.79 Å². The topological polar surface area (TPSA) is 47.6 Å². The van der Waals surface area contributed by atoms with Crippen LogP contribution in [0.1, 0.15) is 12.0 Å². The van der Waals surface area contributed by atoms with Gasteiger partial charge in [0, 0.05) is 11.6 Å². The van der Waals surface area contributed by atoms with Crippen molar-refractivity contribution < 1.29 is 14.3 Å². The van der Waals surface area contributed by atoms with Gasteiger partial charge in [-0.25, -0.2) is 0 Å². The zero-order valence-corrected chi connectivity index (χ0v) is 13.8. The fourth-order valence-electron chi connectivity index (χ4n) is 2.08. The van der Waals surface area contributed by atoms with E-state index in [-0.39, 0.29) is 5.91 Å². The quantitative estimate of drug-likeness (QED) is 0.804. The van der Waals surface area contributed by atoms with Crippen LogP contribution in [0.2, 0.25) is 5.02 Å². The summed E-state index contributed by atoms with van der Waals surface area (Å²) in [7, 11) is 1.59. The van der Waals surface area contributed by atoms with Gasteiger partial charge in [0.2, 0.25) is 5.91 Å². The van der Waals surface area contributed by atoms with Crippen LogP contribution < -0.4 is 14.8 Å². The summed E-state index contributed by atoms with van der Waals surface area (Å²) in [6.45, 7) is 0.905. The second-order valence-electron chi connectivity index (χ2n) is 4.98. The lowest BCUT2D eigenvalue weighted by molar-refractivity contribution is -0.121. The Morgan fingerprint density at radius 3 is 2.48 bits per heavy atom. The molecule has 0 heterocycles. The molecule has 1 N–H and O–H groups in total. The van der Waals surface area contributed by atoms with Gasteiger partial charge in [0.1, 0.15) is 0 Å². The van der Waals surface area contributed by atoms with Gasteiger partial charge in [0.05, 0.1) is 20.1 Å². The normalized spacial score (nSPS) is 10.2. The zero-order valence-electron chi connectivity index (χ0n) is 13.0. The summed E-state index contributed by atoms with van der Waals surface area (Å²) in [5.41, 5.74) is 1.14. The minimum atomic E-state index is -0.0335. The van der Waals surface area contributed by atoms with E-state index in [0.717, 1.165) is 12.0 Å². The lowest BCUT2D eigenvalue weighted by Gasteiger charge is -2.10. The predicted octanol–water partition coefficient (Wildman–Crippen LogP) is 3.48. The number of benzene rings is 2. The van der Waals surface area contributed by atoms with Crippen LogP contribution >= 0.6 is 11.6 Å². The first kappa shape index (κ1) is 17.2. The number of hydrogen-bond donors (Lipinski definition) is 1. The molecule has 4 nitrogen and oxygen atoms in total. The molecule has 0 aliphatic carbocycles. The van der Waals surface area contributed by atoms with Crippen LogP contribution in [-0.2, 0) is 11.2 Å². The molecule has 0 aliphatic heterocycles. The molecule has 0 saturated carbocycles. The minimum absolute atomic E-state index is 0.0335. The van der Waals surface area contributed by atoms with E-state index in [1.807, 2.05) is 48.5 Å². The van der Waals surface area contributed by atoms with Crippen LogP contribution in [-0.4, -0.2) is 26.2 Å². The Balaban J connectivity index is 1.66. The summed E-state index contributed by atoms with van der Waals surface area (Å²) in [5, 5.41) is 3.59. The van der Waals surface area contributed by atoms with Crippen molar-refractivity contribution in [3.8, 4) is 11.5 Å². The van der Waals surface area contributed by atoms with E-state index in [9.17, 15) is 4.79 Å². The molecular weight excluding hydrogens is 314 g/mol. The summed E-state index contributed by atoms with van der Waals surface area (Å²) in [5.74, 6) is 1.27. The van der Waals surface area contributed by atoms with E-state index in [1.165, 1.54) is 0 Å². The number of methoxy groups -OCH3 is 1. The van der Waals surface area contributed by atoms with Gasteiger partial charge in [-0.05, 0) is 36.2 Å². The molecule has 23 heavy (non-hydrogen) atoms. The van der Waals surface area contributed by atoms with E-state index in [2.05, 4.69) is 5.32 Å². The minimum Gasteiger partial charge on any atom is -0.493 e. The van der Waals surface area contributed by atoms with Gasteiger partial charge in [0.15, 0.2) is 11.5 Å². The van der Waals surface area contributed by atoms with Crippen LogP contribution in [0.5, 0.6) is 11.5 Å². The number of nitrogens with one attached hydrogen (secondary N) is 1. The molecule has 0 saturated heterocycles. The maximum absolute atomic E-state index is 11.8. The van der Waals surface area contributed by atoms with Crippen molar-refractivity contribution in [3.05, 3.63) is 59.1 Å². The first-order chi connectivity index (χ1) is 11.2. The van der Waals surface area contributed by atoms with Crippen LogP contribution in [0.25, 0.3) is 0 Å². The number of amides is 1. The van der Waals surface area contributed by atoms with Crippen molar-refractivity contribution in [2.45, 2.75) is 12.8 Å². The fourth-order valence-corrected chi connectivity index (χ4v) is 2.20. The van der Waals surface area contributed by atoms with Crippen LogP contribution in [0, 0.1) is 0 Å². The Morgan fingerprint density at radius 2 is 1.78 bits per heavy atom. The van der Waals surface area contributed by atoms with Crippen LogP contribution in [0.3, 0.4) is 0 Å². The summed E-state index contributed by atoms with van der Waals surface area (Å²) in [4.78, 5) is 11.8. The molecule has 0 aliphatic rings. The smallest absolute Gasteiger partial charge is 0.223 e. The number of para-hydroxylation sites is 2. The third-order valence-corrected chi connectivity index (χ3v) is 3.56. The Hall–Kier alpha value is -2.20. The van der Waals surface area contributed by atoms with Crippen molar-refractivity contribution in [2.24, 2.45) is 0 Å². The molecule has 0 aromatic heterocycles. The lowest BCUT2D eigenvalue weighted by atomic mass is 10.1. The Bertz CT molecular complexity index is 628. The standard InChI is InChI=1S/C18H20ClNO3/c1-22-16-4-2-3-5-17(16)23-13-11-18(21)20-12-10-14-6-8-15(19)9-7-14/h2-9H,10-13H2,1H3,(H,20,21). The highest BCUT2D eigenvalue weighted by molar-refractivity contribution is 6.30. The molecule has 0 atom stereocenters. The third-order valence-electron chi connectivity index (χ3n) is 3.30. The third kappa shape index (κ3) is 5.83. The van der Waals surface area contributed by atoms with Gasteiger partial charge in [-0.2, -0.15) is 0 Å². The molecule has 0 bridgehead atoms. The molecule has 0 fully saturated rings. The van der Waals surface area contributed by atoms with E-state index in [0.29, 0.717) is 36.1 Å². The number of rotatable bonds is 8. The van der Waals surface area contributed by atoms with Gasteiger partial charge in [-0.15, -0.1) is 0 Å². The molecule has 1 amide bonds. The first-order valence-corrected chi connectivity index (χ1v) is 7.84. The average Bonchev–Trinajstić information content (AvgIpc) is 2.57. The number of carbonyl (C=O) groups is 1. The van der Waals surface area contributed by atoms with E-state index in [4.69, 9.17) is 21.1 Å². The van der Waals surface area contributed by atoms with Gasteiger partial charge in [-0.1, -0.05) is 35.9 Å². The highest BCUT2D eigenvalue weighted by Crippen LogP contribution is 2.25. The maximum Gasteiger partial charge on any atom is 0.223 e. The number of carbonyl (C=O) groups excluding carboxylic acids is 1. The number of ether oxygens (including phenoxy) is 2. The van der Waals surface area contributed by atoms with Gasteiger partial charge < -0.3 is 14.8 Å².